The molecule has 1 rings (SSSR count). The van der Waals surface area contributed by atoms with Crippen molar-refractivity contribution in [3.63, 3.8) is 0 Å². The summed E-state index contributed by atoms with van der Waals surface area (Å²) in [4.78, 5) is 0. The Kier molecular flexibility index (Phi) is 5.14. The monoisotopic (exact) mass is 236 g/mol. The largest absolute Gasteiger partial charge is 0.381 e. The molecule has 1 atom stereocenters. The number of hydrogen-bond acceptors (Lipinski definition) is 2. The minimum Gasteiger partial charge on any atom is -0.381 e. The normalized spacial score (nSPS) is 11.9. The summed E-state index contributed by atoms with van der Waals surface area (Å²) in [6.45, 7) is 4.30. The molecule has 0 amide bonds. The number of anilines is 1. The highest BCUT2D eigenvalue weighted by atomic mass is 35.5. The average molecular weight is 237 g/mol. The molecule has 0 saturated carbocycles. The number of halogens is 1. The lowest BCUT2D eigenvalue weighted by Crippen LogP contribution is -2.18. The Balaban J connectivity index is 2.86. The summed E-state index contributed by atoms with van der Waals surface area (Å²) in [6, 6.07) is 7.90. The molecular formula is C13H17ClN2. The topological polar surface area (TPSA) is 35.8 Å². The van der Waals surface area contributed by atoms with E-state index in [2.05, 4.69) is 25.2 Å². The summed E-state index contributed by atoms with van der Waals surface area (Å²) >= 11 is 5.93. The molecule has 0 heterocycles. The number of hydrogen-bond donors (Lipinski definition) is 1. The molecule has 0 aromatic heterocycles. The zero-order valence-corrected chi connectivity index (χ0v) is 10.5. The molecule has 0 aliphatic heterocycles. The van der Waals surface area contributed by atoms with E-state index in [1.165, 1.54) is 0 Å². The molecule has 0 bridgehead atoms. The Hall–Kier alpha value is -1.20. The van der Waals surface area contributed by atoms with Gasteiger partial charge in [-0.2, -0.15) is 5.26 Å². The SMILES string of the molecule is CCCC(CC)Nc1cc(Cl)ccc1C#N. The first-order chi connectivity index (χ1) is 7.71. The maximum absolute atomic E-state index is 8.99. The van der Waals surface area contributed by atoms with E-state index in [0.29, 0.717) is 16.6 Å². The fraction of sp³-hybridized carbons (Fsp3) is 0.462. The zero-order chi connectivity index (χ0) is 12.0. The Morgan fingerprint density at radius 2 is 2.19 bits per heavy atom. The van der Waals surface area contributed by atoms with Crippen molar-refractivity contribution < 1.29 is 0 Å². The molecular weight excluding hydrogens is 220 g/mol. The van der Waals surface area contributed by atoms with Crippen molar-refractivity contribution >= 4 is 17.3 Å². The number of nitrogens with one attached hydrogen (secondary N) is 1. The van der Waals surface area contributed by atoms with Gasteiger partial charge < -0.3 is 5.32 Å². The van der Waals surface area contributed by atoms with Crippen molar-refractivity contribution in [2.24, 2.45) is 0 Å². The van der Waals surface area contributed by atoms with Crippen LogP contribution < -0.4 is 5.32 Å². The minimum absolute atomic E-state index is 0.413. The van der Waals surface area contributed by atoms with Gasteiger partial charge in [0.05, 0.1) is 11.3 Å². The first-order valence-electron chi connectivity index (χ1n) is 5.67. The van der Waals surface area contributed by atoms with Gasteiger partial charge in [0.2, 0.25) is 0 Å². The van der Waals surface area contributed by atoms with Crippen LogP contribution in [0, 0.1) is 11.3 Å². The van der Waals surface area contributed by atoms with Crippen molar-refractivity contribution in [3.8, 4) is 6.07 Å². The van der Waals surface area contributed by atoms with Gasteiger partial charge in [-0.15, -0.1) is 0 Å². The van der Waals surface area contributed by atoms with Crippen LogP contribution in [0.4, 0.5) is 5.69 Å². The van der Waals surface area contributed by atoms with E-state index in [1.807, 2.05) is 6.07 Å². The molecule has 0 fully saturated rings. The quantitative estimate of drug-likeness (QED) is 0.832. The van der Waals surface area contributed by atoms with Gasteiger partial charge in [-0.3, -0.25) is 0 Å². The summed E-state index contributed by atoms with van der Waals surface area (Å²) in [5.41, 5.74) is 1.49. The second kappa shape index (κ2) is 6.40. The van der Waals surface area contributed by atoms with Crippen LogP contribution in [0.2, 0.25) is 5.02 Å². The van der Waals surface area contributed by atoms with Crippen LogP contribution in [0.5, 0.6) is 0 Å². The van der Waals surface area contributed by atoms with Crippen LogP contribution >= 0.6 is 11.6 Å². The Bertz CT molecular complexity index is 382. The van der Waals surface area contributed by atoms with Crippen LogP contribution in [-0.4, -0.2) is 6.04 Å². The van der Waals surface area contributed by atoms with Gasteiger partial charge in [0.15, 0.2) is 0 Å². The number of rotatable bonds is 5. The van der Waals surface area contributed by atoms with Crippen molar-refractivity contribution in [1.29, 1.82) is 5.26 Å². The molecule has 16 heavy (non-hydrogen) atoms. The number of nitriles is 1. The molecule has 3 heteroatoms. The van der Waals surface area contributed by atoms with E-state index in [0.717, 1.165) is 24.9 Å². The van der Waals surface area contributed by atoms with Gasteiger partial charge >= 0.3 is 0 Å². The van der Waals surface area contributed by atoms with Crippen molar-refractivity contribution in [3.05, 3.63) is 28.8 Å². The van der Waals surface area contributed by atoms with Crippen LogP contribution in [0.15, 0.2) is 18.2 Å². The molecule has 0 spiro atoms. The van der Waals surface area contributed by atoms with Crippen LogP contribution in [-0.2, 0) is 0 Å². The average Bonchev–Trinajstić information content (AvgIpc) is 2.29. The van der Waals surface area contributed by atoms with E-state index in [-0.39, 0.29) is 0 Å². The highest BCUT2D eigenvalue weighted by Crippen LogP contribution is 2.22. The van der Waals surface area contributed by atoms with E-state index in [4.69, 9.17) is 16.9 Å². The smallest absolute Gasteiger partial charge is 0.101 e. The van der Waals surface area contributed by atoms with Crippen LogP contribution in [0.3, 0.4) is 0 Å². The molecule has 0 aliphatic carbocycles. The minimum atomic E-state index is 0.413. The van der Waals surface area contributed by atoms with Gasteiger partial charge in [0.25, 0.3) is 0 Å². The third-order valence-electron chi connectivity index (χ3n) is 2.59. The second-order valence-electron chi connectivity index (χ2n) is 3.84. The number of benzene rings is 1. The first kappa shape index (κ1) is 12.9. The van der Waals surface area contributed by atoms with Gasteiger partial charge in [-0.05, 0) is 31.0 Å². The molecule has 2 nitrogen and oxygen atoms in total. The van der Waals surface area contributed by atoms with Gasteiger partial charge in [-0.1, -0.05) is 31.9 Å². The molecule has 0 aliphatic rings. The van der Waals surface area contributed by atoms with E-state index >= 15 is 0 Å². The lowest BCUT2D eigenvalue weighted by Gasteiger charge is -2.18. The predicted octanol–water partition coefficient (Wildman–Crippen LogP) is 4.20. The van der Waals surface area contributed by atoms with E-state index in [9.17, 15) is 0 Å². The Morgan fingerprint density at radius 1 is 1.44 bits per heavy atom. The molecule has 1 unspecified atom stereocenters. The van der Waals surface area contributed by atoms with Crippen molar-refractivity contribution in [1.82, 2.24) is 0 Å². The lowest BCUT2D eigenvalue weighted by molar-refractivity contribution is 0.622. The van der Waals surface area contributed by atoms with E-state index < -0.39 is 0 Å². The molecule has 1 aromatic carbocycles. The standard InChI is InChI=1S/C13H17ClN2/c1-3-5-12(4-2)16-13-8-11(14)7-6-10(13)9-15/h6-8,12,16H,3-5H2,1-2H3. The summed E-state index contributed by atoms with van der Waals surface area (Å²) in [7, 11) is 0. The van der Waals surface area contributed by atoms with Crippen LogP contribution in [0.25, 0.3) is 0 Å². The third-order valence-corrected chi connectivity index (χ3v) is 2.83. The number of nitrogens with zero attached hydrogens (tertiary/aromatic N) is 1. The third kappa shape index (κ3) is 3.43. The molecule has 86 valence electrons. The molecule has 1 aromatic rings. The highest BCUT2D eigenvalue weighted by molar-refractivity contribution is 6.30. The van der Waals surface area contributed by atoms with Gasteiger partial charge in [0.1, 0.15) is 6.07 Å². The second-order valence-corrected chi connectivity index (χ2v) is 4.28. The fourth-order valence-corrected chi connectivity index (χ4v) is 1.85. The van der Waals surface area contributed by atoms with Crippen LogP contribution in [0.1, 0.15) is 38.7 Å². The van der Waals surface area contributed by atoms with Crippen molar-refractivity contribution in [2.45, 2.75) is 39.2 Å². The highest BCUT2D eigenvalue weighted by Gasteiger charge is 2.08. The first-order valence-corrected chi connectivity index (χ1v) is 6.05. The van der Waals surface area contributed by atoms with E-state index in [1.54, 1.807) is 12.1 Å². The summed E-state index contributed by atoms with van der Waals surface area (Å²) in [6.07, 6.45) is 3.28. The molecule has 0 radical (unpaired) electrons. The zero-order valence-electron chi connectivity index (χ0n) is 9.76. The summed E-state index contributed by atoms with van der Waals surface area (Å²) < 4.78 is 0. The van der Waals surface area contributed by atoms with Gasteiger partial charge in [-0.25, -0.2) is 0 Å². The summed E-state index contributed by atoms with van der Waals surface area (Å²) in [5, 5.41) is 13.0. The maximum Gasteiger partial charge on any atom is 0.101 e. The van der Waals surface area contributed by atoms with Crippen molar-refractivity contribution in [2.75, 3.05) is 5.32 Å². The summed E-state index contributed by atoms with van der Waals surface area (Å²) in [5.74, 6) is 0. The Morgan fingerprint density at radius 3 is 2.75 bits per heavy atom. The Labute approximate surface area is 102 Å². The van der Waals surface area contributed by atoms with Gasteiger partial charge in [0, 0.05) is 11.1 Å². The maximum atomic E-state index is 8.99. The predicted molar refractivity (Wildman–Crippen MR) is 68.8 cm³/mol. The lowest BCUT2D eigenvalue weighted by atomic mass is 10.1. The molecule has 1 N–H and O–H groups in total. The fourth-order valence-electron chi connectivity index (χ4n) is 1.68. The molecule has 0 saturated heterocycles.